The van der Waals surface area contributed by atoms with Crippen molar-refractivity contribution in [1.29, 1.82) is 0 Å². The molecule has 0 fully saturated rings. The van der Waals surface area contributed by atoms with E-state index in [1.54, 1.807) is 7.11 Å². The zero-order chi connectivity index (χ0) is 12.3. The van der Waals surface area contributed by atoms with Crippen molar-refractivity contribution in [2.45, 2.75) is 0 Å². The Morgan fingerprint density at radius 3 is 2.65 bits per heavy atom. The molecule has 0 radical (unpaired) electrons. The molecule has 0 aliphatic rings. The summed E-state index contributed by atoms with van der Waals surface area (Å²) in [6.07, 6.45) is 5.49. The smallest absolute Gasteiger partial charge is 0.119 e. The summed E-state index contributed by atoms with van der Waals surface area (Å²) in [6, 6.07) is 13.2. The first-order chi connectivity index (χ1) is 8.24. The molecular formula is C15H11ClO. The van der Waals surface area contributed by atoms with Crippen molar-refractivity contribution in [2.24, 2.45) is 0 Å². The molecule has 2 rings (SSSR count). The number of ether oxygens (including phenoxy) is 1. The Hall–Kier alpha value is -1.91. The summed E-state index contributed by atoms with van der Waals surface area (Å²) in [7, 11) is 1.63. The molecule has 0 N–H and O–H groups in total. The number of halogens is 1. The van der Waals surface area contributed by atoms with Gasteiger partial charge in [0.1, 0.15) is 5.75 Å². The van der Waals surface area contributed by atoms with E-state index in [0.29, 0.717) is 5.02 Å². The summed E-state index contributed by atoms with van der Waals surface area (Å²) in [5.41, 5.74) is 2.77. The molecule has 0 heterocycles. The maximum absolute atomic E-state index is 5.98. The molecule has 0 aliphatic heterocycles. The van der Waals surface area contributed by atoms with Gasteiger partial charge in [-0.1, -0.05) is 29.7 Å². The van der Waals surface area contributed by atoms with Crippen molar-refractivity contribution >= 4 is 11.6 Å². The zero-order valence-corrected chi connectivity index (χ0v) is 10.2. The molecule has 0 aliphatic carbocycles. The van der Waals surface area contributed by atoms with Gasteiger partial charge in [-0.3, -0.25) is 0 Å². The third-order valence-electron chi connectivity index (χ3n) is 2.52. The van der Waals surface area contributed by atoms with E-state index in [1.807, 2.05) is 42.5 Å². The number of methoxy groups -OCH3 is 1. The quantitative estimate of drug-likeness (QED) is 0.724. The Bertz CT molecular complexity index is 582. The van der Waals surface area contributed by atoms with Gasteiger partial charge < -0.3 is 4.74 Å². The Morgan fingerprint density at radius 1 is 1.18 bits per heavy atom. The Balaban J connectivity index is 2.61. The molecule has 0 unspecified atom stereocenters. The lowest BCUT2D eigenvalue weighted by molar-refractivity contribution is 0.415. The van der Waals surface area contributed by atoms with E-state index >= 15 is 0 Å². The Morgan fingerprint density at radius 2 is 2.00 bits per heavy atom. The van der Waals surface area contributed by atoms with Crippen LogP contribution in [0.2, 0.25) is 5.02 Å². The van der Waals surface area contributed by atoms with Crippen LogP contribution in [0, 0.1) is 12.3 Å². The summed E-state index contributed by atoms with van der Waals surface area (Å²) >= 11 is 5.98. The van der Waals surface area contributed by atoms with E-state index < -0.39 is 0 Å². The van der Waals surface area contributed by atoms with Gasteiger partial charge in [-0.15, -0.1) is 6.42 Å². The molecule has 2 heteroatoms. The molecule has 0 atom stereocenters. The number of hydrogen-bond acceptors (Lipinski definition) is 1. The summed E-state index contributed by atoms with van der Waals surface area (Å²) in [5.74, 6) is 3.44. The van der Waals surface area contributed by atoms with E-state index in [4.69, 9.17) is 22.8 Å². The lowest BCUT2D eigenvalue weighted by Crippen LogP contribution is -1.88. The Labute approximate surface area is 106 Å². The molecule has 17 heavy (non-hydrogen) atoms. The molecular weight excluding hydrogens is 232 g/mol. The van der Waals surface area contributed by atoms with Gasteiger partial charge in [-0.25, -0.2) is 0 Å². The third-order valence-corrected chi connectivity index (χ3v) is 2.75. The molecule has 1 nitrogen and oxygen atoms in total. The minimum Gasteiger partial charge on any atom is -0.497 e. The van der Waals surface area contributed by atoms with Crippen molar-refractivity contribution in [1.82, 2.24) is 0 Å². The topological polar surface area (TPSA) is 9.23 Å². The summed E-state index contributed by atoms with van der Waals surface area (Å²) in [6.45, 7) is 0. The molecule has 0 spiro atoms. The number of hydrogen-bond donors (Lipinski definition) is 0. The molecule has 2 aromatic rings. The predicted octanol–water partition coefficient (Wildman–Crippen LogP) is 4.00. The average Bonchev–Trinajstić information content (AvgIpc) is 2.38. The minimum absolute atomic E-state index is 0.688. The fourth-order valence-corrected chi connectivity index (χ4v) is 1.86. The fraction of sp³-hybridized carbons (Fsp3) is 0.0667. The van der Waals surface area contributed by atoms with Gasteiger partial charge in [0.15, 0.2) is 0 Å². The zero-order valence-electron chi connectivity index (χ0n) is 9.41. The second kappa shape index (κ2) is 4.95. The highest BCUT2D eigenvalue weighted by Gasteiger charge is 2.05. The minimum atomic E-state index is 0.688. The van der Waals surface area contributed by atoms with Crippen molar-refractivity contribution in [2.75, 3.05) is 7.11 Å². The van der Waals surface area contributed by atoms with Crippen LogP contribution in [0.15, 0.2) is 42.5 Å². The predicted molar refractivity (Wildman–Crippen MR) is 71.4 cm³/mol. The monoisotopic (exact) mass is 242 g/mol. The van der Waals surface area contributed by atoms with Gasteiger partial charge in [0.2, 0.25) is 0 Å². The van der Waals surface area contributed by atoms with E-state index in [9.17, 15) is 0 Å². The van der Waals surface area contributed by atoms with Crippen molar-refractivity contribution in [3.63, 3.8) is 0 Å². The number of benzene rings is 2. The molecule has 2 aromatic carbocycles. The molecule has 0 amide bonds. The van der Waals surface area contributed by atoms with Crippen LogP contribution in [-0.2, 0) is 0 Å². The highest BCUT2D eigenvalue weighted by molar-refractivity contribution is 6.30. The van der Waals surface area contributed by atoms with Gasteiger partial charge in [0.25, 0.3) is 0 Å². The maximum atomic E-state index is 5.98. The van der Waals surface area contributed by atoms with Gasteiger partial charge in [-0.2, -0.15) is 0 Å². The average molecular weight is 243 g/mol. The van der Waals surface area contributed by atoms with E-state index in [1.165, 1.54) is 0 Å². The summed E-state index contributed by atoms with van der Waals surface area (Å²) < 4.78 is 5.20. The highest BCUT2D eigenvalue weighted by Crippen LogP contribution is 2.29. The molecule has 0 saturated carbocycles. The fourth-order valence-electron chi connectivity index (χ4n) is 1.67. The largest absolute Gasteiger partial charge is 0.497 e. The lowest BCUT2D eigenvalue weighted by atomic mass is 10.00. The first kappa shape index (κ1) is 11.6. The number of terminal acetylenes is 1. The van der Waals surface area contributed by atoms with Crippen LogP contribution in [0.5, 0.6) is 5.75 Å². The van der Waals surface area contributed by atoms with Gasteiger partial charge in [0, 0.05) is 16.1 Å². The maximum Gasteiger partial charge on any atom is 0.119 e. The van der Waals surface area contributed by atoms with Gasteiger partial charge >= 0.3 is 0 Å². The normalized spacial score (nSPS) is 9.71. The standard InChI is InChI=1S/C15H11ClO/c1-3-11-7-8-14(17-2)10-15(11)12-5-4-6-13(16)9-12/h1,4-10H,2H3. The molecule has 0 aromatic heterocycles. The van der Waals surface area contributed by atoms with Crippen LogP contribution >= 0.6 is 11.6 Å². The third kappa shape index (κ3) is 2.43. The van der Waals surface area contributed by atoms with Crippen molar-refractivity contribution in [3.05, 3.63) is 53.1 Å². The van der Waals surface area contributed by atoms with Gasteiger partial charge in [-0.05, 0) is 35.9 Å². The second-order valence-corrected chi connectivity index (χ2v) is 4.00. The first-order valence-corrected chi connectivity index (χ1v) is 5.53. The Kier molecular flexibility index (Phi) is 3.37. The first-order valence-electron chi connectivity index (χ1n) is 5.15. The van der Waals surface area contributed by atoms with Gasteiger partial charge in [0.05, 0.1) is 7.11 Å². The van der Waals surface area contributed by atoms with Crippen molar-refractivity contribution in [3.8, 4) is 29.2 Å². The van der Waals surface area contributed by atoms with Crippen LogP contribution < -0.4 is 4.74 Å². The van der Waals surface area contributed by atoms with E-state index in [-0.39, 0.29) is 0 Å². The van der Waals surface area contributed by atoms with Crippen LogP contribution in [0.1, 0.15) is 5.56 Å². The van der Waals surface area contributed by atoms with Crippen LogP contribution in [-0.4, -0.2) is 7.11 Å². The van der Waals surface area contributed by atoms with Crippen LogP contribution in [0.25, 0.3) is 11.1 Å². The summed E-state index contributed by atoms with van der Waals surface area (Å²) in [5, 5.41) is 0.688. The highest BCUT2D eigenvalue weighted by atomic mass is 35.5. The van der Waals surface area contributed by atoms with Crippen molar-refractivity contribution < 1.29 is 4.74 Å². The lowest BCUT2D eigenvalue weighted by Gasteiger charge is -2.08. The molecule has 0 bridgehead atoms. The van der Waals surface area contributed by atoms with E-state index in [0.717, 1.165) is 22.4 Å². The number of rotatable bonds is 2. The van der Waals surface area contributed by atoms with Crippen LogP contribution in [0.4, 0.5) is 0 Å². The SMILES string of the molecule is C#Cc1ccc(OC)cc1-c1cccc(Cl)c1. The van der Waals surface area contributed by atoms with Crippen LogP contribution in [0.3, 0.4) is 0 Å². The van der Waals surface area contributed by atoms with E-state index in [2.05, 4.69) is 5.92 Å². The molecule has 84 valence electrons. The summed E-state index contributed by atoms with van der Waals surface area (Å²) in [4.78, 5) is 0. The molecule has 0 saturated heterocycles. The second-order valence-electron chi connectivity index (χ2n) is 3.57.